The fraction of sp³-hybridized carbons (Fsp3) is 0.387. The molecule has 0 saturated carbocycles. The molecule has 0 radical (unpaired) electrons. The first-order valence-electron chi connectivity index (χ1n) is 13.3. The zero-order chi connectivity index (χ0) is 28.2. The molecule has 1 aromatic heterocycles. The van der Waals surface area contributed by atoms with E-state index in [1.54, 1.807) is 30.6 Å². The van der Waals surface area contributed by atoms with Gasteiger partial charge in [-0.1, -0.05) is 57.2 Å². The van der Waals surface area contributed by atoms with Crippen molar-refractivity contribution in [3.05, 3.63) is 82.1 Å². The zero-order valence-electron chi connectivity index (χ0n) is 23.8. The molecule has 39 heavy (non-hydrogen) atoms. The summed E-state index contributed by atoms with van der Waals surface area (Å²) in [6, 6.07) is 15.3. The van der Waals surface area contributed by atoms with E-state index in [0.717, 1.165) is 12.0 Å². The maximum Gasteiger partial charge on any atom is 0.256 e. The van der Waals surface area contributed by atoms with Crippen molar-refractivity contribution >= 4 is 36.8 Å². The Morgan fingerprint density at radius 3 is 2.51 bits per heavy atom. The monoisotopic (exact) mass is 564 g/mol. The topological polar surface area (TPSA) is 74.0 Å². The Hall–Kier alpha value is -3.07. The lowest BCUT2D eigenvalue weighted by molar-refractivity contribution is 0.0627. The maximum atomic E-state index is 14.0. The molecule has 0 aliphatic carbocycles. The largest absolute Gasteiger partial charge is 0.493 e. The Kier molecular flexibility index (Phi) is 8.89. The molecule has 0 spiro atoms. The van der Waals surface area contributed by atoms with Crippen molar-refractivity contribution in [2.75, 3.05) is 26.0 Å². The highest BCUT2D eigenvalue weighted by Gasteiger charge is 2.39. The number of hydrogen-bond acceptors (Lipinski definition) is 6. The van der Waals surface area contributed by atoms with E-state index >= 15 is 0 Å². The van der Waals surface area contributed by atoms with Gasteiger partial charge in [-0.2, -0.15) is 11.3 Å². The summed E-state index contributed by atoms with van der Waals surface area (Å²) in [6.45, 7) is 12.5. The highest BCUT2D eigenvalue weighted by molar-refractivity contribution is 7.08. The number of nitrogen functional groups attached to an aromatic ring is 1. The van der Waals surface area contributed by atoms with E-state index in [1.165, 1.54) is 11.1 Å². The lowest BCUT2D eigenvalue weighted by atomic mass is 9.95. The molecular formula is C31H40N2O4SSi. The first kappa shape index (κ1) is 28.9. The number of anilines is 1. The molecule has 0 bridgehead atoms. The van der Waals surface area contributed by atoms with Crippen LogP contribution in [-0.4, -0.2) is 45.4 Å². The second-order valence-corrected chi connectivity index (χ2v) is 17.1. The van der Waals surface area contributed by atoms with Gasteiger partial charge in [-0.05, 0) is 64.1 Å². The Morgan fingerprint density at radius 1 is 1.13 bits per heavy atom. The van der Waals surface area contributed by atoms with Crippen LogP contribution in [0.5, 0.6) is 11.5 Å². The molecule has 208 valence electrons. The zero-order valence-corrected chi connectivity index (χ0v) is 25.6. The average molecular weight is 565 g/mol. The van der Waals surface area contributed by atoms with E-state index < -0.39 is 8.32 Å². The molecule has 4 rings (SSSR count). The van der Waals surface area contributed by atoms with E-state index in [1.807, 2.05) is 35.2 Å². The van der Waals surface area contributed by atoms with Crippen LogP contribution in [0.4, 0.5) is 5.69 Å². The number of thiophene rings is 1. The Balaban J connectivity index is 1.59. The van der Waals surface area contributed by atoms with Gasteiger partial charge >= 0.3 is 0 Å². The lowest BCUT2D eigenvalue weighted by Crippen LogP contribution is -2.49. The van der Waals surface area contributed by atoms with Gasteiger partial charge in [-0.25, -0.2) is 0 Å². The van der Waals surface area contributed by atoms with E-state index in [9.17, 15) is 4.79 Å². The van der Waals surface area contributed by atoms with Crippen LogP contribution in [0.25, 0.3) is 5.57 Å². The fourth-order valence-corrected chi connectivity index (χ4v) is 6.05. The Morgan fingerprint density at radius 2 is 1.87 bits per heavy atom. The van der Waals surface area contributed by atoms with Gasteiger partial charge in [-0.15, -0.1) is 0 Å². The van der Waals surface area contributed by atoms with Crippen LogP contribution in [0.1, 0.15) is 48.7 Å². The van der Waals surface area contributed by atoms with Crippen molar-refractivity contribution in [3.8, 4) is 11.5 Å². The van der Waals surface area contributed by atoms with Crippen LogP contribution >= 0.6 is 11.3 Å². The van der Waals surface area contributed by atoms with Crippen molar-refractivity contribution in [1.29, 1.82) is 0 Å². The minimum Gasteiger partial charge on any atom is -0.493 e. The molecule has 1 aliphatic heterocycles. The highest BCUT2D eigenvalue weighted by Crippen LogP contribution is 2.38. The second kappa shape index (κ2) is 12.0. The van der Waals surface area contributed by atoms with E-state index in [2.05, 4.69) is 56.8 Å². The summed E-state index contributed by atoms with van der Waals surface area (Å²) in [4.78, 5) is 15.9. The number of nitrogens with two attached hydrogens (primary N) is 1. The van der Waals surface area contributed by atoms with E-state index in [4.69, 9.17) is 19.6 Å². The lowest BCUT2D eigenvalue weighted by Gasteiger charge is -2.41. The fourth-order valence-electron chi connectivity index (χ4n) is 4.33. The van der Waals surface area contributed by atoms with Crippen LogP contribution in [0.3, 0.4) is 0 Å². The summed E-state index contributed by atoms with van der Waals surface area (Å²) in [6.07, 6.45) is 2.87. The van der Waals surface area contributed by atoms with Crippen LogP contribution < -0.4 is 15.2 Å². The number of rotatable bonds is 9. The minimum atomic E-state index is -2.01. The van der Waals surface area contributed by atoms with Crippen molar-refractivity contribution in [2.45, 2.75) is 58.0 Å². The molecule has 2 N–H and O–H groups in total. The number of amides is 1. The van der Waals surface area contributed by atoms with Crippen LogP contribution in [0.2, 0.25) is 18.1 Å². The van der Waals surface area contributed by atoms with Crippen LogP contribution in [0, 0.1) is 0 Å². The number of hydrogen-bond donors (Lipinski definition) is 1. The van der Waals surface area contributed by atoms with Crippen LogP contribution in [0.15, 0.2) is 65.4 Å². The summed E-state index contributed by atoms with van der Waals surface area (Å²) < 4.78 is 18.2. The van der Waals surface area contributed by atoms with Crippen molar-refractivity contribution < 1.29 is 18.7 Å². The third kappa shape index (κ3) is 6.75. The molecule has 2 aromatic carbocycles. The normalized spacial score (nSPS) is 16.1. The second-order valence-electron chi connectivity index (χ2n) is 11.5. The number of benzene rings is 2. The van der Waals surface area contributed by atoms with Crippen LogP contribution in [-0.2, 0) is 11.0 Å². The standard InChI is InChI=1S/C31H40N2O4SSi/c1-31(2,3)39(5,6)37-20-25-16-23(24-13-15-38-21-24)12-14-33(25)30(34)26-17-28(35-4)29(18-27(26)32)36-19-22-10-8-7-9-11-22/h7-13,15,17-18,21,25H,14,16,19-20,32H2,1-6H3. The first-order valence-corrected chi connectivity index (χ1v) is 17.2. The summed E-state index contributed by atoms with van der Waals surface area (Å²) in [5, 5.41) is 4.32. The third-order valence-electron chi connectivity index (χ3n) is 7.83. The van der Waals surface area contributed by atoms with Crippen molar-refractivity contribution in [1.82, 2.24) is 4.90 Å². The number of nitrogens with zero attached hydrogens (tertiary/aromatic N) is 1. The molecule has 1 unspecified atom stereocenters. The third-order valence-corrected chi connectivity index (χ3v) is 13.0. The molecule has 1 atom stereocenters. The summed E-state index contributed by atoms with van der Waals surface area (Å²) in [5.74, 6) is 0.848. The van der Waals surface area contributed by atoms with Gasteiger partial charge in [0.2, 0.25) is 0 Å². The number of ether oxygens (including phenoxy) is 2. The summed E-state index contributed by atoms with van der Waals surface area (Å²) in [5.41, 5.74) is 10.7. The predicted molar refractivity (Wildman–Crippen MR) is 163 cm³/mol. The minimum absolute atomic E-state index is 0.0793. The predicted octanol–water partition coefficient (Wildman–Crippen LogP) is 7.24. The molecule has 3 aromatic rings. The average Bonchev–Trinajstić information content (AvgIpc) is 3.45. The highest BCUT2D eigenvalue weighted by atomic mass is 32.1. The quantitative estimate of drug-likeness (QED) is 0.219. The SMILES string of the molecule is COc1cc(C(=O)N2CC=C(c3ccsc3)CC2CO[Si](C)(C)C(C)(C)C)c(N)cc1OCc1ccccc1. The molecule has 0 fully saturated rings. The van der Waals surface area contributed by atoms with Crippen molar-refractivity contribution in [2.24, 2.45) is 0 Å². The molecule has 0 saturated heterocycles. The van der Waals surface area contributed by atoms with Gasteiger partial charge in [0.1, 0.15) is 6.61 Å². The number of carbonyl (C=O) groups is 1. The smallest absolute Gasteiger partial charge is 0.256 e. The number of methoxy groups -OCH3 is 1. The molecule has 8 heteroatoms. The Labute approximate surface area is 237 Å². The summed E-state index contributed by atoms with van der Waals surface area (Å²) in [7, 11) is -0.436. The van der Waals surface area contributed by atoms with E-state index in [0.29, 0.717) is 42.5 Å². The number of carbonyl (C=O) groups excluding carboxylic acids is 1. The molecule has 6 nitrogen and oxygen atoms in total. The van der Waals surface area contributed by atoms with Gasteiger partial charge < -0.3 is 24.5 Å². The molecule has 2 heterocycles. The van der Waals surface area contributed by atoms with Gasteiger partial charge in [-0.3, -0.25) is 4.79 Å². The molecule has 1 amide bonds. The van der Waals surface area contributed by atoms with Gasteiger partial charge in [0.25, 0.3) is 5.91 Å². The Bertz CT molecular complexity index is 1300. The van der Waals surface area contributed by atoms with Crippen molar-refractivity contribution in [3.63, 3.8) is 0 Å². The first-order chi connectivity index (χ1) is 18.5. The summed E-state index contributed by atoms with van der Waals surface area (Å²) >= 11 is 1.68. The van der Waals surface area contributed by atoms with Gasteiger partial charge in [0.15, 0.2) is 19.8 Å². The van der Waals surface area contributed by atoms with Gasteiger partial charge in [0.05, 0.1) is 25.3 Å². The van der Waals surface area contributed by atoms with E-state index in [-0.39, 0.29) is 17.0 Å². The molecular weight excluding hydrogens is 525 g/mol. The maximum absolute atomic E-state index is 14.0. The molecule has 1 aliphatic rings. The van der Waals surface area contributed by atoms with Gasteiger partial charge in [0, 0.05) is 18.3 Å².